The zero-order valence-corrected chi connectivity index (χ0v) is 11.3. The van der Waals surface area contributed by atoms with Crippen LogP contribution in [0, 0.1) is 23.0 Å². The molecule has 0 aliphatic carbocycles. The number of ether oxygens (including phenoxy) is 1. The summed E-state index contributed by atoms with van der Waals surface area (Å²) < 4.78 is 35.3. The van der Waals surface area contributed by atoms with Crippen LogP contribution in [0.1, 0.15) is 6.92 Å². The van der Waals surface area contributed by atoms with Gasteiger partial charge in [-0.05, 0) is 19.1 Å². The molecule has 0 spiro atoms. The van der Waals surface area contributed by atoms with Gasteiger partial charge in [0.25, 0.3) is 0 Å². The molecule has 1 aromatic carbocycles. The number of nitriles is 1. The maximum atomic E-state index is 14.4. The van der Waals surface area contributed by atoms with Crippen LogP contribution in [0.15, 0.2) is 28.3 Å². The third-order valence-electron chi connectivity index (χ3n) is 3.55. The number of rotatable bonds is 3. The average Bonchev–Trinajstić information content (AvgIpc) is 2.96. The molecule has 0 radical (unpaired) electrons. The van der Waals surface area contributed by atoms with E-state index in [2.05, 4.69) is 9.98 Å². The Morgan fingerprint density at radius 2 is 2.14 bits per heavy atom. The summed E-state index contributed by atoms with van der Waals surface area (Å²) in [5.41, 5.74) is 1.75. The van der Waals surface area contributed by atoms with Gasteiger partial charge in [-0.2, -0.15) is 9.65 Å². The van der Waals surface area contributed by atoms with Crippen LogP contribution >= 0.6 is 0 Å². The van der Waals surface area contributed by atoms with Crippen LogP contribution in [0.5, 0.6) is 5.75 Å². The topological polar surface area (TPSA) is 62.7 Å². The van der Waals surface area contributed by atoms with Gasteiger partial charge in [0.1, 0.15) is 17.1 Å². The van der Waals surface area contributed by atoms with E-state index in [-0.39, 0.29) is 11.3 Å². The molecule has 1 aromatic heterocycles. The molecule has 0 fully saturated rings. The molecular formula is C15H8F2N4O. The van der Waals surface area contributed by atoms with Crippen molar-refractivity contribution < 1.29 is 13.5 Å². The van der Waals surface area contributed by atoms with Crippen LogP contribution in [-0.4, -0.2) is 10.7 Å². The zero-order valence-electron chi connectivity index (χ0n) is 11.3. The lowest BCUT2D eigenvalue weighted by atomic mass is 10.1. The summed E-state index contributed by atoms with van der Waals surface area (Å²) in [7, 11) is 0. The van der Waals surface area contributed by atoms with Crippen molar-refractivity contribution in [2.24, 2.45) is 9.98 Å². The van der Waals surface area contributed by atoms with Gasteiger partial charge in [-0.3, -0.25) is 4.57 Å². The lowest BCUT2D eigenvalue weighted by Crippen LogP contribution is -2.34. The highest BCUT2D eigenvalue weighted by molar-refractivity contribution is 5.79. The SMILES string of the molecule is CC(C#N)Oc1ccc(-c2c3c4c(n2C=CN=4)=N3)c(F)c1F. The van der Waals surface area contributed by atoms with Gasteiger partial charge in [-0.1, -0.05) is 0 Å². The molecule has 5 nitrogen and oxygen atoms in total. The Hall–Kier alpha value is -3.01. The Morgan fingerprint density at radius 1 is 1.32 bits per heavy atom. The molecular weight excluding hydrogens is 290 g/mol. The van der Waals surface area contributed by atoms with Gasteiger partial charge >= 0.3 is 0 Å². The molecule has 0 saturated carbocycles. The largest absolute Gasteiger partial charge is 0.473 e. The minimum atomic E-state index is -1.12. The summed E-state index contributed by atoms with van der Waals surface area (Å²) in [5, 5.41) is 9.38. The molecule has 1 atom stereocenters. The van der Waals surface area contributed by atoms with Gasteiger partial charge in [0.15, 0.2) is 23.2 Å². The normalized spacial score (nSPS) is 14.5. The van der Waals surface area contributed by atoms with Crippen molar-refractivity contribution in [3.05, 3.63) is 40.8 Å². The molecule has 0 amide bonds. The van der Waals surface area contributed by atoms with Crippen molar-refractivity contribution in [3.8, 4) is 23.1 Å². The van der Waals surface area contributed by atoms with Gasteiger partial charge in [-0.15, -0.1) is 0 Å². The zero-order chi connectivity index (χ0) is 15.4. The Balaban J connectivity index is 1.84. The standard InChI is InChI=1S/C15H8F2N4O/c1-7(6-18)22-9-3-2-8(10(16)11(9)17)14-12-13-15(20-12)21(14)5-4-19-13/h2-5,7H,1H3. The number of hydrogen-bond donors (Lipinski definition) is 0. The molecule has 7 heteroatoms. The van der Waals surface area contributed by atoms with E-state index in [0.717, 1.165) is 0 Å². The number of benzene rings is 1. The van der Waals surface area contributed by atoms with Crippen LogP contribution < -0.4 is 15.6 Å². The van der Waals surface area contributed by atoms with Crippen molar-refractivity contribution in [3.63, 3.8) is 0 Å². The molecule has 22 heavy (non-hydrogen) atoms. The second-order valence-electron chi connectivity index (χ2n) is 4.91. The van der Waals surface area contributed by atoms with Crippen LogP contribution in [-0.2, 0) is 0 Å². The predicted octanol–water partition coefficient (Wildman–Crippen LogP) is 2.05. The molecule has 0 N–H and O–H groups in total. The van der Waals surface area contributed by atoms with E-state index in [4.69, 9.17) is 10.00 Å². The van der Waals surface area contributed by atoms with Gasteiger partial charge in [0.05, 0.1) is 5.69 Å². The first-order valence-corrected chi connectivity index (χ1v) is 6.54. The molecule has 1 unspecified atom stereocenters. The maximum absolute atomic E-state index is 14.4. The number of hydrogen-bond acceptors (Lipinski definition) is 4. The smallest absolute Gasteiger partial charge is 0.201 e. The van der Waals surface area contributed by atoms with Crippen molar-refractivity contribution in [2.75, 3.05) is 0 Å². The first-order valence-electron chi connectivity index (χ1n) is 6.54. The van der Waals surface area contributed by atoms with E-state index in [9.17, 15) is 8.78 Å². The number of aromatic nitrogens is 1. The summed E-state index contributed by atoms with van der Waals surface area (Å²) >= 11 is 0. The minimum absolute atomic E-state index is 0.0833. The van der Waals surface area contributed by atoms with Crippen LogP contribution in [0.2, 0.25) is 0 Å². The summed E-state index contributed by atoms with van der Waals surface area (Å²) in [5.74, 6) is -2.45. The molecule has 2 aromatic rings. The third-order valence-corrected chi connectivity index (χ3v) is 3.55. The van der Waals surface area contributed by atoms with Crippen molar-refractivity contribution in [1.82, 2.24) is 4.57 Å². The molecule has 2 aliphatic heterocycles. The Bertz CT molecular complexity index is 1010. The molecule has 3 heterocycles. The lowest BCUT2D eigenvalue weighted by molar-refractivity contribution is 0.259. The number of halogens is 2. The lowest BCUT2D eigenvalue weighted by Gasteiger charge is -2.11. The highest BCUT2D eigenvalue weighted by Gasteiger charge is 2.29. The van der Waals surface area contributed by atoms with Crippen LogP contribution in [0.4, 0.5) is 14.5 Å². The van der Waals surface area contributed by atoms with Crippen molar-refractivity contribution in [1.29, 1.82) is 5.26 Å². The summed E-state index contributed by atoms with van der Waals surface area (Å²) in [4.78, 5) is 8.35. The second kappa shape index (κ2) is 4.24. The van der Waals surface area contributed by atoms with E-state index >= 15 is 0 Å². The summed E-state index contributed by atoms with van der Waals surface area (Å²) in [6.07, 6.45) is 2.37. The summed E-state index contributed by atoms with van der Waals surface area (Å²) in [6, 6.07) is 4.53. The second-order valence-corrected chi connectivity index (χ2v) is 4.91. The molecule has 0 saturated heterocycles. The molecule has 2 aliphatic rings. The van der Waals surface area contributed by atoms with E-state index < -0.39 is 17.7 Å². The van der Waals surface area contributed by atoms with Gasteiger partial charge < -0.3 is 4.74 Å². The molecule has 108 valence electrons. The Kier molecular flexibility index (Phi) is 2.45. The maximum Gasteiger partial charge on any atom is 0.201 e. The quantitative estimate of drug-likeness (QED) is 0.743. The van der Waals surface area contributed by atoms with Gasteiger partial charge in [0.2, 0.25) is 5.82 Å². The highest BCUT2D eigenvalue weighted by Crippen LogP contribution is 2.36. The first-order chi connectivity index (χ1) is 10.6. The number of nitrogens with zero attached hydrogens (tertiary/aromatic N) is 4. The van der Waals surface area contributed by atoms with Gasteiger partial charge in [0, 0.05) is 18.0 Å². The fourth-order valence-corrected chi connectivity index (χ4v) is 2.54. The Morgan fingerprint density at radius 3 is 2.86 bits per heavy atom. The van der Waals surface area contributed by atoms with Crippen LogP contribution in [0.3, 0.4) is 0 Å². The minimum Gasteiger partial charge on any atom is -0.473 e. The monoisotopic (exact) mass is 298 g/mol. The third kappa shape index (κ3) is 1.49. The van der Waals surface area contributed by atoms with Crippen molar-refractivity contribution >= 4 is 11.9 Å². The molecule has 4 bridgehead atoms. The van der Waals surface area contributed by atoms with Crippen molar-refractivity contribution in [2.45, 2.75) is 13.0 Å². The van der Waals surface area contributed by atoms with E-state index in [0.29, 0.717) is 22.2 Å². The Labute approximate surface area is 123 Å². The van der Waals surface area contributed by atoms with Crippen LogP contribution in [0.25, 0.3) is 17.5 Å². The predicted molar refractivity (Wildman–Crippen MR) is 72.8 cm³/mol. The van der Waals surface area contributed by atoms with E-state index in [1.165, 1.54) is 19.1 Å². The highest BCUT2D eigenvalue weighted by atomic mass is 19.2. The molecule has 4 rings (SSSR count). The van der Waals surface area contributed by atoms with E-state index in [1.54, 1.807) is 23.0 Å². The summed E-state index contributed by atoms with van der Waals surface area (Å²) in [6.45, 7) is 1.45. The fourth-order valence-electron chi connectivity index (χ4n) is 2.54. The first kappa shape index (κ1) is 12.7. The van der Waals surface area contributed by atoms with E-state index in [1.807, 2.05) is 0 Å². The van der Waals surface area contributed by atoms with Gasteiger partial charge in [-0.25, -0.2) is 14.4 Å². The fraction of sp³-hybridized carbons (Fsp3) is 0.133. The average molecular weight is 298 g/mol.